The van der Waals surface area contributed by atoms with Gasteiger partial charge < -0.3 is 26.0 Å². The van der Waals surface area contributed by atoms with Crippen molar-refractivity contribution in [2.75, 3.05) is 32.1 Å². The quantitative estimate of drug-likeness (QED) is 0.175. The number of hydrogen-bond donors (Lipinski definition) is 4. The number of aliphatic imine (C=N–C) groups is 1. The van der Waals surface area contributed by atoms with Crippen LogP contribution in [0.5, 0.6) is 0 Å². The molecule has 0 aliphatic rings. The summed E-state index contributed by atoms with van der Waals surface area (Å²) in [5, 5.41) is 12.2. The molecule has 0 bridgehead atoms. The number of nitrogens with zero attached hydrogens (tertiary/aromatic N) is 1. The molecule has 1 aromatic carbocycles. The number of ether oxygens (including phenoxy) is 1. The third-order valence-corrected chi connectivity index (χ3v) is 3.53. The summed E-state index contributed by atoms with van der Waals surface area (Å²) in [7, 11) is 1.76. The van der Waals surface area contributed by atoms with Crippen LogP contribution in [0.15, 0.2) is 29.3 Å². The van der Waals surface area contributed by atoms with Crippen molar-refractivity contribution < 1.29 is 9.53 Å². The van der Waals surface area contributed by atoms with Crippen LogP contribution in [0, 0.1) is 0 Å². The van der Waals surface area contributed by atoms with Crippen LogP contribution in [0.25, 0.3) is 0 Å². The lowest BCUT2D eigenvalue weighted by molar-refractivity contribution is 0.143. The molecule has 0 spiro atoms. The van der Waals surface area contributed by atoms with Gasteiger partial charge in [0.25, 0.3) is 0 Å². The number of guanidine groups is 1. The Balaban J connectivity index is 0.00000676. The Morgan fingerprint density at radius 3 is 2.44 bits per heavy atom. The number of anilines is 1. The number of halogens is 1. The first-order valence-corrected chi connectivity index (χ1v) is 9.23. The molecule has 0 aromatic heterocycles. The number of carbonyl (C=O) groups excluding carboxylic acids is 1. The molecule has 1 aromatic rings. The van der Waals surface area contributed by atoms with Gasteiger partial charge >= 0.3 is 6.03 Å². The van der Waals surface area contributed by atoms with E-state index in [1.807, 2.05) is 45.0 Å². The Morgan fingerprint density at radius 2 is 1.85 bits per heavy atom. The summed E-state index contributed by atoms with van der Waals surface area (Å²) in [5.74, 6) is 0.778. The maximum Gasteiger partial charge on any atom is 0.319 e. The minimum atomic E-state index is -0.195. The summed E-state index contributed by atoms with van der Waals surface area (Å²) in [4.78, 5) is 15.9. The minimum absolute atomic E-state index is 0. The number of urea groups is 1. The van der Waals surface area contributed by atoms with Crippen LogP contribution >= 0.6 is 24.0 Å². The lowest BCUT2D eigenvalue weighted by atomic mass is 10.2. The van der Waals surface area contributed by atoms with Gasteiger partial charge in [-0.1, -0.05) is 12.1 Å². The number of carbonyl (C=O) groups is 1. The summed E-state index contributed by atoms with van der Waals surface area (Å²) in [6, 6.07) is 7.65. The first-order valence-electron chi connectivity index (χ1n) is 9.23. The molecule has 0 aliphatic carbocycles. The van der Waals surface area contributed by atoms with Gasteiger partial charge in [-0.25, -0.2) is 4.79 Å². The van der Waals surface area contributed by atoms with Crippen molar-refractivity contribution in [2.45, 2.75) is 46.2 Å². The van der Waals surface area contributed by atoms with Crippen molar-refractivity contribution in [1.82, 2.24) is 16.0 Å². The first-order chi connectivity index (χ1) is 12.5. The number of benzene rings is 1. The maximum atomic E-state index is 11.7. The van der Waals surface area contributed by atoms with E-state index in [9.17, 15) is 4.79 Å². The molecule has 0 fully saturated rings. The Morgan fingerprint density at radius 1 is 1.15 bits per heavy atom. The van der Waals surface area contributed by atoms with E-state index in [1.165, 1.54) is 0 Å². The SMILES string of the molecule is CCOCCCCNC(=NC)NCc1ccc(NC(=O)NC(C)C)cc1.I. The summed E-state index contributed by atoms with van der Waals surface area (Å²) in [6.07, 6.45) is 2.08. The standard InChI is InChI=1S/C19H33N5O2.HI/c1-5-26-13-7-6-12-21-18(20-4)22-14-16-8-10-17(11-9-16)24-19(25)23-15(2)3;/h8-11,15H,5-7,12-14H2,1-4H3,(H2,20,21,22)(H2,23,24,25);1H. The summed E-state index contributed by atoms with van der Waals surface area (Å²) >= 11 is 0. The highest BCUT2D eigenvalue weighted by atomic mass is 127. The van der Waals surface area contributed by atoms with E-state index >= 15 is 0 Å². The third kappa shape index (κ3) is 12.5. The van der Waals surface area contributed by atoms with Gasteiger partial charge in [0.05, 0.1) is 0 Å². The normalized spacial score (nSPS) is 10.9. The smallest absolute Gasteiger partial charge is 0.319 e. The molecule has 8 heteroatoms. The van der Waals surface area contributed by atoms with Gasteiger partial charge in [0.1, 0.15) is 0 Å². The largest absolute Gasteiger partial charge is 0.382 e. The van der Waals surface area contributed by atoms with E-state index < -0.39 is 0 Å². The van der Waals surface area contributed by atoms with Crippen LogP contribution in [0.3, 0.4) is 0 Å². The molecular weight excluding hydrogens is 457 g/mol. The van der Waals surface area contributed by atoms with Crippen molar-refractivity contribution >= 4 is 41.7 Å². The van der Waals surface area contributed by atoms with Gasteiger partial charge in [-0.2, -0.15) is 0 Å². The summed E-state index contributed by atoms with van der Waals surface area (Å²) in [6.45, 7) is 8.96. The van der Waals surface area contributed by atoms with Crippen LogP contribution in [0.4, 0.5) is 10.5 Å². The van der Waals surface area contributed by atoms with E-state index in [-0.39, 0.29) is 36.0 Å². The summed E-state index contributed by atoms with van der Waals surface area (Å²) in [5.41, 5.74) is 1.88. The van der Waals surface area contributed by atoms with E-state index in [0.717, 1.165) is 49.8 Å². The van der Waals surface area contributed by atoms with Crippen molar-refractivity contribution in [3.63, 3.8) is 0 Å². The molecule has 1 rings (SSSR count). The van der Waals surface area contributed by atoms with Gasteiger partial charge in [0, 0.05) is 45.1 Å². The predicted octanol–water partition coefficient (Wildman–Crippen LogP) is 3.32. The molecule has 27 heavy (non-hydrogen) atoms. The van der Waals surface area contributed by atoms with Gasteiger partial charge in [-0.15, -0.1) is 24.0 Å². The zero-order valence-corrected chi connectivity index (χ0v) is 19.1. The molecule has 154 valence electrons. The number of amides is 2. The van der Waals surface area contributed by atoms with Gasteiger partial charge in [-0.3, -0.25) is 4.99 Å². The predicted molar refractivity (Wildman–Crippen MR) is 123 cm³/mol. The molecule has 0 unspecified atom stereocenters. The van der Waals surface area contributed by atoms with Gasteiger partial charge in [0.2, 0.25) is 0 Å². The Kier molecular flexibility index (Phi) is 14.6. The molecular formula is C19H34IN5O2. The Bertz CT molecular complexity index is 550. The zero-order chi connectivity index (χ0) is 19.2. The third-order valence-electron chi connectivity index (χ3n) is 3.53. The number of hydrogen-bond acceptors (Lipinski definition) is 3. The number of rotatable bonds is 10. The van der Waals surface area contributed by atoms with Crippen LogP contribution in [-0.4, -0.2) is 44.8 Å². The molecule has 0 aliphatic heterocycles. The molecule has 0 saturated heterocycles. The highest BCUT2D eigenvalue weighted by Crippen LogP contribution is 2.09. The molecule has 0 heterocycles. The monoisotopic (exact) mass is 491 g/mol. The first kappa shape index (κ1) is 25.4. The van der Waals surface area contributed by atoms with E-state index in [0.29, 0.717) is 6.54 Å². The van der Waals surface area contributed by atoms with Gasteiger partial charge in [-0.05, 0) is 51.3 Å². The van der Waals surface area contributed by atoms with Crippen molar-refractivity contribution in [1.29, 1.82) is 0 Å². The second-order valence-corrected chi connectivity index (χ2v) is 6.21. The fourth-order valence-corrected chi connectivity index (χ4v) is 2.22. The second-order valence-electron chi connectivity index (χ2n) is 6.21. The molecule has 4 N–H and O–H groups in total. The van der Waals surface area contributed by atoms with E-state index in [4.69, 9.17) is 4.74 Å². The highest BCUT2D eigenvalue weighted by molar-refractivity contribution is 14.0. The fraction of sp³-hybridized carbons (Fsp3) is 0.579. The minimum Gasteiger partial charge on any atom is -0.382 e. The van der Waals surface area contributed by atoms with Gasteiger partial charge in [0.15, 0.2) is 5.96 Å². The summed E-state index contributed by atoms with van der Waals surface area (Å²) < 4.78 is 5.32. The van der Waals surface area contributed by atoms with Crippen molar-refractivity contribution in [3.8, 4) is 0 Å². The average molecular weight is 491 g/mol. The average Bonchev–Trinajstić information content (AvgIpc) is 2.61. The molecule has 2 amide bonds. The number of nitrogens with one attached hydrogen (secondary N) is 4. The molecule has 0 saturated carbocycles. The Hall–Kier alpha value is -1.55. The molecule has 0 atom stereocenters. The van der Waals surface area contributed by atoms with Crippen molar-refractivity contribution in [2.24, 2.45) is 4.99 Å². The zero-order valence-electron chi connectivity index (χ0n) is 16.8. The maximum absolute atomic E-state index is 11.7. The second kappa shape index (κ2) is 15.5. The van der Waals surface area contributed by atoms with Crippen molar-refractivity contribution in [3.05, 3.63) is 29.8 Å². The number of unbranched alkanes of at least 4 members (excludes halogenated alkanes) is 1. The van der Waals surface area contributed by atoms with Crippen LogP contribution < -0.4 is 21.3 Å². The Labute approximate surface area is 180 Å². The van der Waals surface area contributed by atoms with E-state index in [2.05, 4.69) is 26.3 Å². The lowest BCUT2D eigenvalue weighted by Crippen LogP contribution is -2.37. The topological polar surface area (TPSA) is 86.8 Å². The molecule has 0 radical (unpaired) electrons. The van der Waals surface area contributed by atoms with Crippen LogP contribution in [-0.2, 0) is 11.3 Å². The van der Waals surface area contributed by atoms with Crippen LogP contribution in [0.1, 0.15) is 39.2 Å². The lowest BCUT2D eigenvalue weighted by Gasteiger charge is -2.13. The highest BCUT2D eigenvalue weighted by Gasteiger charge is 2.03. The van der Waals surface area contributed by atoms with E-state index in [1.54, 1.807) is 7.05 Å². The fourth-order valence-electron chi connectivity index (χ4n) is 2.22. The molecule has 7 nitrogen and oxygen atoms in total. The van der Waals surface area contributed by atoms with Crippen LogP contribution in [0.2, 0.25) is 0 Å².